The Labute approximate surface area is 135 Å². The average molecular weight is 306 g/mol. The molecule has 1 rings (SSSR count). The lowest BCUT2D eigenvalue weighted by Crippen LogP contribution is -2.24. The Hall–Kier alpha value is -1.51. The largest absolute Gasteiger partial charge is 0.497 e. The smallest absolute Gasteiger partial charge is 0.313 e. The number of hydrogen-bond donors (Lipinski definition) is 0. The number of ether oxygens (including phenoxy) is 2. The monoisotopic (exact) mass is 306 g/mol. The quantitative estimate of drug-likeness (QED) is 0.591. The van der Waals surface area contributed by atoms with Crippen LogP contribution in [0, 0.1) is 5.92 Å². The number of methoxy groups -OCH3 is 1. The Balaban J connectivity index is 3.63. The van der Waals surface area contributed by atoms with E-state index in [0.717, 1.165) is 16.9 Å². The van der Waals surface area contributed by atoms with Crippen LogP contribution < -0.4 is 9.47 Å². The number of rotatable bonds is 3. The van der Waals surface area contributed by atoms with Crippen LogP contribution in [0.4, 0.5) is 0 Å². The van der Waals surface area contributed by atoms with E-state index in [9.17, 15) is 4.79 Å². The van der Waals surface area contributed by atoms with Crippen molar-refractivity contribution >= 4 is 5.97 Å². The van der Waals surface area contributed by atoms with Gasteiger partial charge in [-0.05, 0) is 23.0 Å². The predicted molar refractivity (Wildman–Crippen MR) is 90.9 cm³/mol. The second-order valence-corrected chi connectivity index (χ2v) is 8.13. The highest BCUT2D eigenvalue weighted by Crippen LogP contribution is 2.42. The van der Waals surface area contributed by atoms with Gasteiger partial charge in [0.05, 0.1) is 13.0 Å². The fourth-order valence-corrected chi connectivity index (χ4v) is 2.16. The Bertz CT molecular complexity index is 508. The van der Waals surface area contributed by atoms with Crippen LogP contribution in [0.25, 0.3) is 0 Å². The third kappa shape index (κ3) is 4.25. The Morgan fingerprint density at radius 2 is 1.36 bits per heavy atom. The summed E-state index contributed by atoms with van der Waals surface area (Å²) >= 11 is 0. The maximum Gasteiger partial charge on any atom is 0.313 e. The molecule has 0 amide bonds. The molecule has 0 aliphatic heterocycles. The van der Waals surface area contributed by atoms with E-state index in [1.807, 2.05) is 26.0 Å². The molecule has 124 valence electrons. The lowest BCUT2D eigenvalue weighted by molar-refractivity contribution is -0.137. The zero-order valence-electron chi connectivity index (χ0n) is 15.5. The number of carbonyl (C=O) groups is 1. The summed E-state index contributed by atoms with van der Waals surface area (Å²) < 4.78 is 11.2. The van der Waals surface area contributed by atoms with E-state index in [1.165, 1.54) is 0 Å². The van der Waals surface area contributed by atoms with Crippen LogP contribution in [0.2, 0.25) is 0 Å². The summed E-state index contributed by atoms with van der Waals surface area (Å²) in [4.78, 5) is 12.2. The molecule has 1 aromatic carbocycles. The molecule has 0 spiro atoms. The van der Waals surface area contributed by atoms with E-state index in [2.05, 4.69) is 41.5 Å². The summed E-state index contributed by atoms with van der Waals surface area (Å²) in [7, 11) is 1.66. The van der Waals surface area contributed by atoms with Crippen LogP contribution in [0.1, 0.15) is 66.5 Å². The summed E-state index contributed by atoms with van der Waals surface area (Å²) in [5.74, 6) is 1.10. The summed E-state index contributed by atoms with van der Waals surface area (Å²) in [6.07, 6.45) is 0. The highest BCUT2D eigenvalue weighted by atomic mass is 16.5. The van der Waals surface area contributed by atoms with Gasteiger partial charge in [0.15, 0.2) is 0 Å². The second-order valence-electron chi connectivity index (χ2n) is 8.13. The van der Waals surface area contributed by atoms with Crippen molar-refractivity contribution in [2.75, 3.05) is 7.11 Å². The van der Waals surface area contributed by atoms with Gasteiger partial charge < -0.3 is 9.47 Å². The zero-order chi connectivity index (χ0) is 17.3. The molecule has 0 aliphatic rings. The van der Waals surface area contributed by atoms with Gasteiger partial charge in [0.25, 0.3) is 0 Å². The predicted octanol–water partition coefficient (Wildman–Crippen LogP) is 4.85. The highest BCUT2D eigenvalue weighted by Gasteiger charge is 2.30. The summed E-state index contributed by atoms with van der Waals surface area (Å²) in [5, 5.41) is 0. The van der Waals surface area contributed by atoms with E-state index in [-0.39, 0.29) is 22.7 Å². The SMILES string of the molecule is COc1cc(C(C)(C)C)c(OC(=O)C(C)C)c(C(C)(C)C)c1. The minimum atomic E-state index is -0.207. The molecule has 0 fully saturated rings. The molecule has 0 heterocycles. The zero-order valence-corrected chi connectivity index (χ0v) is 15.5. The van der Waals surface area contributed by atoms with Crippen molar-refractivity contribution in [2.45, 2.75) is 66.2 Å². The third-order valence-corrected chi connectivity index (χ3v) is 3.59. The van der Waals surface area contributed by atoms with Gasteiger partial charge >= 0.3 is 5.97 Å². The van der Waals surface area contributed by atoms with Gasteiger partial charge in [0.2, 0.25) is 0 Å². The highest BCUT2D eigenvalue weighted by molar-refractivity contribution is 5.76. The van der Waals surface area contributed by atoms with Crippen molar-refractivity contribution in [2.24, 2.45) is 5.92 Å². The molecule has 0 radical (unpaired) electrons. The van der Waals surface area contributed by atoms with Crippen LogP contribution in [0.15, 0.2) is 12.1 Å². The standard InChI is InChI=1S/C19H30O3/c1-12(2)17(20)22-16-14(18(3,4)5)10-13(21-9)11-15(16)19(6,7)8/h10-12H,1-9H3. The van der Waals surface area contributed by atoms with E-state index < -0.39 is 0 Å². The molecule has 22 heavy (non-hydrogen) atoms. The first-order chi connectivity index (χ1) is 9.87. The van der Waals surface area contributed by atoms with Gasteiger partial charge in [-0.25, -0.2) is 0 Å². The van der Waals surface area contributed by atoms with E-state index >= 15 is 0 Å². The fraction of sp³-hybridized carbons (Fsp3) is 0.632. The van der Waals surface area contributed by atoms with E-state index in [1.54, 1.807) is 7.11 Å². The normalized spacial score (nSPS) is 12.5. The lowest BCUT2D eigenvalue weighted by atomic mass is 9.79. The first-order valence-electron chi connectivity index (χ1n) is 7.82. The average Bonchev–Trinajstić information content (AvgIpc) is 2.35. The van der Waals surface area contributed by atoms with Crippen molar-refractivity contribution in [3.05, 3.63) is 23.3 Å². The molecule has 0 bridgehead atoms. The molecule has 0 aromatic heterocycles. The molecule has 0 saturated carbocycles. The maximum absolute atomic E-state index is 12.2. The molecule has 0 atom stereocenters. The Morgan fingerprint density at radius 3 is 1.64 bits per heavy atom. The van der Waals surface area contributed by atoms with Gasteiger partial charge in [-0.3, -0.25) is 4.79 Å². The summed E-state index contributed by atoms with van der Waals surface area (Å²) in [6, 6.07) is 3.94. The van der Waals surface area contributed by atoms with E-state index in [4.69, 9.17) is 9.47 Å². The topological polar surface area (TPSA) is 35.5 Å². The van der Waals surface area contributed by atoms with Crippen LogP contribution in [-0.4, -0.2) is 13.1 Å². The van der Waals surface area contributed by atoms with Gasteiger partial charge in [-0.2, -0.15) is 0 Å². The van der Waals surface area contributed by atoms with Crippen LogP contribution in [-0.2, 0) is 15.6 Å². The minimum Gasteiger partial charge on any atom is -0.497 e. The Kier molecular flexibility index (Phi) is 5.32. The summed E-state index contributed by atoms with van der Waals surface area (Å²) in [6.45, 7) is 16.4. The molecule has 0 unspecified atom stereocenters. The fourth-order valence-electron chi connectivity index (χ4n) is 2.16. The van der Waals surface area contributed by atoms with Crippen molar-refractivity contribution in [3.63, 3.8) is 0 Å². The molecule has 0 saturated heterocycles. The Morgan fingerprint density at radius 1 is 0.955 bits per heavy atom. The summed E-state index contributed by atoms with van der Waals surface area (Å²) in [5.41, 5.74) is 1.68. The molecule has 1 aromatic rings. The third-order valence-electron chi connectivity index (χ3n) is 3.59. The molecular formula is C19H30O3. The van der Waals surface area contributed by atoms with Crippen molar-refractivity contribution in [1.29, 1.82) is 0 Å². The minimum absolute atomic E-state index is 0.152. The van der Waals surface area contributed by atoms with Gasteiger partial charge in [-0.15, -0.1) is 0 Å². The molecule has 0 N–H and O–H groups in total. The first-order valence-corrected chi connectivity index (χ1v) is 7.82. The van der Waals surface area contributed by atoms with Gasteiger partial charge in [0, 0.05) is 11.1 Å². The number of hydrogen-bond acceptors (Lipinski definition) is 3. The van der Waals surface area contributed by atoms with E-state index in [0.29, 0.717) is 5.75 Å². The molecule has 3 nitrogen and oxygen atoms in total. The van der Waals surface area contributed by atoms with Crippen LogP contribution in [0.5, 0.6) is 11.5 Å². The second kappa shape index (κ2) is 6.31. The lowest BCUT2D eigenvalue weighted by Gasteiger charge is -2.30. The van der Waals surface area contributed by atoms with Crippen molar-refractivity contribution in [3.8, 4) is 11.5 Å². The number of esters is 1. The van der Waals surface area contributed by atoms with Crippen molar-refractivity contribution in [1.82, 2.24) is 0 Å². The first kappa shape index (κ1) is 18.5. The van der Waals surface area contributed by atoms with Gasteiger partial charge in [0.1, 0.15) is 11.5 Å². The molecular weight excluding hydrogens is 276 g/mol. The molecule has 3 heteroatoms. The van der Waals surface area contributed by atoms with Crippen molar-refractivity contribution < 1.29 is 14.3 Å². The number of carbonyl (C=O) groups excluding carboxylic acids is 1. The number of benzene rings is 1. The van der Waals surface area contributed by atoms with Crippen LogP contribution >= 0.6 is 0 Å². The maximum atomic E-state index is 12.2. The molecule has 0 aliphatic carbocycles. The van der Waals surface area contributed by atoms with Crippen LogP contribution in [0.3, 0.4) is 0 Å². The van der Waals surface area contributed by atoms with Gasteiger partial charge in [-0.1, -0.05) is 55.4 Å².